The molecule has 0 aliphatic carbocycles. The second kappa shape index (κ2) is 9.68. The van der Waals surface area contributed by atoms with Gasteiger partial charge in [-0.2, -0.15) is 4.98 Å². The number of hydrogen-bond donors (Lipinski definition) is 8. The summed E-state index contributed by atoms with van der Waals surface area (Å²) in [6, 6.07) is 4.93. The molecule has 0 saturated heterocycles. The Balaban J connectivity index is 1.54. The molecule has 3 rings (SSSR count). The molecule has 0 unspecified atom stereocenters. The standard InChI is InChI=1S/C19H23N7O6/c20-19-25-15-14(17(30)26-19)23-11(8-22-15)7-21-10-3-1-9(2-4-10)16(29)24-12(18(31)32)5-6-13(27)28/h1-4,11-12,21,23H,5-8H2,(H,24,29)(H,27,28)(H,31,32)(H4,20,22,25,26,30)/t11-,12-/m0/s1. The molecular formula is C19H23N7O6. The molecule has 1 amide bonds. The first kappa shape index (κ1) is 22.4. The Bertz CT molecular complexity index is 1070. The summed E-state index contributed by atoms with van der Waals surface area (Å²) in [4.78, 5) is 52.6. The zero-order chi connectivity index (χ0) is 23.3. The summed E-state index contributed by atoms with van der Waals surface area (Å²) in [7, 11) is 0. The van der Waals surface area contributed by atoms with Gasteiger partial charge in [0.15, 0.2) is 5.82 Å². The first-order valence-corrected chi connectivity index (χ1v) is 9.72. The molecular weight excluding hydrogens is 422 g/mol. The molecule has 32 heavy (non-hydrogen) atoms. The van der Waals surface area contributed by atoms with Crippen LogP contribution in [-0.2, 0) is 9.59 Å². The fourth-order valence-electron chi connectivity index (χ4n) is 3.10. The number of amides is 1. The average molecular weight is 445 g/mol. The van der Waals surface area contributed by atoms with E-state index in [2.05, 4.69) is 31.2 Å². The van der Waals surface area contributed by atoms with E-state index in [4.69, 9.17) is 15.9 Å². The van der Waals surface area contributed by atoms with E-state index in [1.165, 1.54) is 12.1 Å². The summed E-state index contributed by atoms with van der Waals surface area (Å²) in [6.45, 7) is 0.960. The molecule has 1 aliphatic rings. The van der Waals surface area contributed by atoms with Crippen LogP contribution in [0.4, 0.5) is 23.1 Å². The third-order valence-electron chi connectivity index (χ3n) is 4.75. The van der Waals surface area contributed by atoms with E-state index in [-0.39, 0.29) is 36.0 Å². The summed E-state index contributed by atoms with van der Waals surface area (Å²) in [5.41, 5.74) is 6.40. The highest BCUT2D eigenvalue weighted by Gasteiger charge is 2.23. The molecule has 0 radical (unpaired) electrons. The fraction of sp³-hybridized carbons (Fsp3) is 0.316. The number of nitrogens with two attached hydrogens (primary N) is 1. The van der Waals surface area contributed by atoms with Gasteiger partial charge in [-0.15, -0.1) is 0 Å². The number of nitrogens with zero attached hydrogens (tertiary/aromatic N) is 1. The Hall–Kier alpha value is -4.29. The summed E-state index contributed by atoms with van der Waals surface area (Å²) in [5, 5.41) is 29.5. The Labute approximate surface area is 181 Å². The van der Waals surface area contributed by atoms with Crippen molar-refractivity contribution in [2.45, 2.75) is 24.9 Å². The minimum absolute atomic E-state index is 0.0281. The van der Waals surface area contributed by atoms with Crippen LogP contribution in [-0.4, -0.2) is 63.2 Å². The molecule has 0 fully saturated rings. The molecule has 1 aliphatic heterocycles. The molecule has 0 bridgehead atoms. The van der Waals surface area contributed by atoms with Crippen molar-refractivity contribution in [1.29, 1.82) is 0 Å². The summed E-state index contributed by atoms with van der Waals surface area (Å²) in [6.07, 6.45) is -0.587. The topological polar surface area (TPSA) is 212 Å². The lowest BCUT2D eigenvalue weighted by Gasteiger charge is -2.27. The number of carboxylic acids is 2. The molecule has 2 atom stereocenters. The van der Waals surface area contributed by atoms with Gasteiger partial charge in [0.25, 0.3) is 11.5 Å². The van der Waals surface area contributed by atoms with Crippen LogP contribution in [0.2, 0.25) is 0 Å². The molecule has 1 aromatic carbocycles. The maximum absolute atomic E-state index is 12.3. The van der Waals surface area contributed by atoms with Gasteiger partial charge in [0, 0.05) is 30.8 Å². The number of rotatable bonds is 9. The van der Waals surface area contributed by atoms with E-state index in [0.717, 1.165) is 0 Å². The molecule has 1 aromatic heterocycles. The number of carbonyl (C=O) groups excluding carboxylic acids is 1. The number of fused-ring (bicyclic) bond motifs is 1. The fourth-order valence-corrected chi connectivity index (χ4v) is 3.10. The number of aromatic amines is 1. The molecule has 13 heteroatoms. The van der Waals surface area contributed by atoms with Crippen LogP contribution in [0.1, 0.15) is 23.2 Å². The van der Waals surface area contributed by atoms with Crippen molar-refractivity contribution in [3.8, 4) is 0 Å². The van der Waals surface area contributed by atoms with Crippen molar-refractivity contribution >= 4 is 41.0 Å². The highest BCUT2D eigenvalue weighted by molar-refractivity contribution is 5.96. The maximum atomic E-state index is 12.3. The van der Waals surface area contributed by atoms with Crippen LogP contribution in [0.15, 0.2) is 29.1 Å². The van der Waals surface area contributed by atoms with Gasteiger partial charge in [0.05, 0.1) is 6.04 Å². The number of H-pyrrole nitrogens is 1. The lowest BCUT2D eigenvalue weighted by molar-refractivity contribution is -0.140. The van der Waals surface area contributed by atoms with E-state index >= 15 is 0 Å². The van der Waals surface area contributed by atoms with Crippen molar-refractivity contribution in [3.63, 3.8) is 0 Å². The number of nitrogen functional groups attached to an aromatic ring is 1. The zero-order valence-corrected chi connectivity index (χ0v) is 16.8. The van der Waals surface area contributed by atoms with E-state index in [1.54, 1.807) is 12.1 Å². The van der Waals surface area contributed by atoms with E-state index in [9.17, 15) is 19.2 Å². The Morgan fingerprint density at radius 3 is 2.59 bits per heavy atom. The second-order valence-electron chi connectivity index (χ2n) is 7.15. The van der Waals surface area contributed by atoms with Crippen LogP contribution in [0.3, 0.4) is 0 Å². The van der Waals surface area contributed by atoms with Gasteiger partial charge in [0.2, 0.25) is 5.95 Å². The number of hydrogen-bond acceptors (Lipinski definition) is 9. The monoisotopic (exact) mass is 445 g/mol. The van der Waals surface area contributed by atoms with Crippen molar-refractivity contribution in [2.75, 3.05) is 34.8 Å². The predicted octanol–water partition coefficient (Wildman–Crippen LogP) is -0.282. The van der Waals surface area contributed by atoms with E-state index in [1.807, 2.05) is 0 Å². The third kappa shape index (κ3) is 5.65. The van der Waals surface area contributed by atoms with Gasteiger partial charge in [-0.3, -0.25) is 19.4 Å². The zero-order valence-electron chi connectivity index (χ0n) is 16.8. The number of carbonyl (C=O) groups is 3. The number of carboxylic acid groups (broad SMARTS) is 2. The quantitative estimate of drug-likeness (QED) is 0.251. The highest BCUT2D eigenvalue weighted by Crippen LogP contribution is 2.20. The maximum Gasteiger partial charge on any atom is 0.326 e. The van der Waals surface area contributed by atoms with Crippen LogP contribution < -0.4 is 32.6 Å². The molecule has 170 valence electrons. The van der Waals surface area contributed by atoms with Gasteiger partial charge >= 0.3 is 11.9 Å². The lowest BCUT2D eigenvalue weighted by atomic mass is 10.1. The van der Waals surface area contributed by atoms with Gasteiger partial charge in [-0.05, 0) is 30.7 Å². The van der Waals surface area contributed by atoms with Crippen LogP contribution in [0.25, 0.3) is 0 Å². The predicted molar refractivity (Wildman–Crippen MR) is 116 cm³/mol. The molecule has 13 nitrogen and oxygen atoms in total. The first-order valence-electron chi connectivity index (χ1n) is 9.72. The van der Waals surface area contributed by atoms with E-state index in [0.29, 0.717) is 30.3 Å². The molecule has 2 heterocycles. The van der Waals surface area contributed by atoms with Gasteiger partial charge in [0.1, 0.15) is 11.7 Å². The van der Waals surface area contributed by atoms with E-state index < -0.39 is 23.9 Å². The van der Waals surface area contributed by atoms with Gasteiger partial charge in [-0.25, -0.2) is 4.79 Å². The van der Waals surface area contributed by atoms with Crippen LogP contribution >= 0.6 is 0 Å². The first-order chi connectivity index (χ1) is 15.2. The van der Waals surface area contributed by atoms with Crippen molar-refractivity contribution in [1.82, 2.24) is 15.3 Å². The minimum atomic E-state index is -1.30. The van der Waals surface area contributed by atoms with Crippen molar-refractivity contribution in [2.24, 2.45) is 0 Å². The highest BCUT2D eigenvalue weighted by atomic mass is 16.4. The second-order valence-corrected chi connectivity index (χ2v) is 7.15. The molecule has 2 aromatic rings. The third-order valence-corrected chi connectivity index (χ3v) is 4.75. The Morgan fingerprint density at radius 1 is 1.22 bits per heavy atom. The largest absolute Gasteiger partial charge is 0.481 e. The van der Waals surface area contributed by atoms with Gasteiger partial charge in [-0.1, -0.05) is 0 Å². The summed E-state index contributed by atoms with van der Waals surface area (Å²) >= 11 is 0. The van der Waals surface area contributed by atoms with Crippen LogP contribution in [0, 0.1) is 0 Å². The van der Waals surface area contributed by atoms with Crippen molar-refractivity contribution in [3.05, 3.63) is 40.2 Å². The number of aliphatic carboxylic acids is 2. The minimum Gasteiger partial charge on any atom is -0.481 e. The average Bonchev–Trinajstić information content (AvgIpc) is 2.75. The van der Waals surface area contributed by atoms with Gasteiger partial charge < -0.3 is 37.2 Å². The Kier molecular flexibility index (Phi) is 6.77. The lowest BCUT2D eigenvalue weighted by Crippen LogP contribution is -2.41. The Morgan fingerprint density at radius 2 is 1.94 bits per heavy atom. The molecule has 9 N–H and O–H groups in total. The van der Waals surface area contributed by atoms with Crippen LogP contribution in [0.5, 0.6) is 0 Å². The molecule has 0 spiro atoms. The normalized spacial score (nSPS) is 15.4. The summed E-state index contributed by atoms with van der Waals surface area (Å²) in [5.74, 6) is -2.64. The number of benzene rings is 1. The molecule has 0 saturated carbocycles. The number of nitrogens with one attached hydrogen (secondary N) is 5. The smallest absolute Gasteiger partial charge is 0.326 e. The summed E-state index contributed by atoms with van der Waals surface area (Å²) < 4.78 is 0. The number of anilines is 4. The van der Waals surface area contributed by atoms with Crippen molar-refractivity contribution < 1.29 is 24.6 Å². The SMILES string of the molecule is Nc1nc2c(c(=O)[nH]1)N[C@@H](CNc1ccc(C(=O)N[C@@H](CCC(=O)O)C(=O)O)cc1)CN2. The number of aromatic nitrogens is 2.